The average Bonchev–Trinajstić information content (AvgIpc) is 1.67. The van der Waals surface area contributed by atoms with Gasteiger partial charge >= 0.3 is 0 Å². The van der Waals surface area contributed by atoms with E-state index in [0.29, 0.717) is 0 Å². The van der Waals surface area contributed by atoms with Crippen LogP contribution in [0.15, 0.2) is 21.1 Å². The van der Waals surface area contributed by atoms with E-state index in [1.807, 2.05) is 26.0 Å². The molecule has 0 radical (unpaired) electrons. The lowest BCUT2D eigenvalue weighted by Crippen LogP contribution is -1.62. The normalized spacial score (nSPS) is 14.5. The minimum Gasteiger partial charge on any atom is -0.0865 e. The van der Waals surface area contributed by atoms with Crippen LogP contribution in [0.4, 0.5) is 0 Å². The van der Waals surface area contributed by atoms with E-state index < -0.39 is 0 Å². The highest BCUT2D eigenvalue weighted by atomic mass is 79.9. The van der Waals surface area contributed by atoms with Crippen molar-refractivity contribution in [2.24, 2.45) is 0 Å². The molecule has 0 heterocycles. The van der Waals surface area contributed by atoms with Crippen molar-refractivity contribution in [1.29, 1.82) is 0 Å². The maximum absolute atomic E-state index is 3.35. The third-order valence-electron chi connectivity index (χ3n) is 0.642. The van der Waals surface area contributed by atoms with Gasteiger partial charge in [0.15, 0.2) is 0 Å². The fraction of sp³-hybridized carbons (Fsp3) is 0.333. The van der Waals surface area contributed by atoms with Crippen LogP contribution in [0, 0.1) is 0 Å². The van der Waals surface area contributed by atoms with Gasteiger partial charge in [0.1, 0.15) is 0 Å². The second kappa shape index (κ2) is 4.33. The van der Waals surface area contributed by atoms with Crippen molar-refractivity contribution < 1.29 is 0 Å². The third kappa shape index (κ3) is 3.44. The van der Waals surface area contributed by atoms with Gasteiger partial charge in [0.25, 0.3) is 0 Å². The van der Waals surface area contributed by atoms with Gasteiger partial charge in [0, 0.05) is 8.96 Å². The SMILES string of the molecule is C/C=C\C(Br)=C(/C)Br. The van der Waals surface area contributed by atoms with Crippen molar-refractivity contribution >= 4 is 31.9 Å². The Morgan fingerprint density at radius 3 is 2.00 bits per heavy atom. The fourth-order valence-corrected chi connectivity index (χ4v) is 0.658. The van der Waals surface area contributed by atoms with E-state index in [4.69, 9.17) is 0 Å². The summed E-state index contributed by atoms with van der Waals surface area (Å²) in [4.78, 5) is 0. The zero-order valence-corrected chi connectivity index (χ0v) is 8.08. The van der Waals surface area contributed by atoms with Crippen molar-refractivity contribution in [1.82, 2.24) is 0 Å². The Morgan fingerprint density at radius 2 is 1.88 bits per heavy atom. The Balaban J connectivity index is 4.00. The Kier molecular flexibility index (Phi) is 4.57. The average molecular weight is 240 g/mol. The summed E-state index contributed by atoms with van der Waals surface area (Å²) in [5.41, 5.74) is 0. The lowest BCUT2D eigenvalue weighted by atomic mass is 10.5. The summed E-state index contributed by atoms with van der Waals surface area (Å²) < 4.78 is 2.22. The maximum Gasteiger partial charge on any atom is 0.0270 e. The minimum absolute atomic E-state index is 1.10. The molecule has 0 rings (SSSR count). The molecule has 0 aromatic rings. The van der Waals surface area contributed by atoms with Crippen LogP contribution < -0.4 is 0 Å². The number of halogens is 2. The first kappa shape index (κ1) is 8.44. The van der Waals surface area contributed by atoms with Gasteiger partial charge in [0.2, 0.25) is 0 Å². The maximum atomic E-state index is 3.35. The van der Waals surface area contributed by atoms with Gasteiger partial charge in [-0.1, -0.05) is 28.1 Å². The number of rotatable bonds is 1. The molecule has 0 atom stereocenters. The highest BCUT2D eigenvalue weighted by molar-refractivity contribution is 9.14. The second-order valence-corrected chi connectivity index (χ2v) is 3.43. The Hall–Kier alpha value is 0.440. The van der Waals surface area contributed by atoms with E-state index in [0.717, 1.165) is 8.96 Å². The Labute approximate surface area is 66.9 Å². The Morgan fingerprint density at radius 1 is 1.38 bits per heavy atom. The van der Waals surface area contributed by atoms with Crippen molar-refractivity contribution in [3.05, 3.63) is 21.1 Å². The molecule has 0 aliphatic heterocycles. The summed E-state index contributed by atoms with van der Waals surface area (Å²) in [6.07, 6.45) is 3.97. The molecule has 0 spiro atoms. The molecular formula is C6H8Br2. The van der Waals surface area contributed by atoms with Gasteiger partial charge in [-0.25, -0.2) is 0 Å². The zero-order valence-electron chi connectivity index (χ0n) is 4.91. The van der Waals surface area contributed by atoms with Crippen LogP contribution in [0.25, 0.3) is 0 Å². The second-order valence-electron chi connectivity index (χ2n) is 1.38. The van der Waals surface area contributed by atoms with Gasteiger partial charge in [-0.15, -0.1) is 0 Å². The predicted octanol–water partition coefficient (Wildman–Crippen LogP) is 3.58. The first-order valence-corrected chi connectivity index (χ1v) is 3.91. The van der Waals surface area contributed by atoms with Gasteiger partial charge < -0.3 is 0 Å². The first-order chi connectivity index (χ1) is 3.68. The van der Waals surface area contributed by atoms with E-state index in [1.165, 1.54) is 0 Å². The van der Waals surface area contributed by atoms with Gasteiger partial charge in [-0.2, -0.15) is 0 Å². The highest BCUT2D eigenvalue weighted by Gasteiger charge is 1.85. The standard InChI is InChI=1S/C6H8Br2/c1-3-4-6(8)5(2)7/h3-4H,1-2H3/b4-3-,6-5-. The largest absolute Gasteiger partial charge is 0.0865 e. The molecule has 0 aliphatic carbocycles. The molecule has 0 saturated carbocycles. The molecular weight excluding hydrogens is 232 g/mol. The van der Waals surface area contributed by atoms with Gasteiger partial charge in [0.05, 0.1) is 0 Å². The minimum atomic E-state index is 1.10. The first-order valence-electron chi connectivity index (χ1n) is 2.33. The van der Waals surface area contributed by atoms with Crippen molar-refractivity contribution in [2.75, 3.05) is 0 Å². The molecule has 0 aromatic carbocycles. The molecule has 0 N–H and O–H groups in total. The monoisotopic (exact) mass is 238 g/mol. The summed E-state index contributed by atoms with van der Waals surface area (Å²) >= 11 is 6.67. The van der Waals surface area contributed by atoms with E-state index in [1.54, 1.807) is 0 Å². The van der Waals surface area contributed by atoms with Crippen LogP contribution in [-0.2, 0) is 0 Å². The molecule has 0 aliphatic rings. The van der Waals surface area contributed by atoms with E-state index >= 15 is 0 Å². The molecule has 0 fully saturated rings. The van der Waals surface area contributed by atoms with Crippen molar-refractivity contribution in [2.45, 2.75) is 13.8 Å². The van der Waals surface area contributed by atoms with Crippen molar-refractivity contribution in [3.63, 3.8) is 0 Å². The molecule has 0 nitrogen and oxygen atoms in total. The summed E-state index contributed by atoms with van der Waals surface area (Å²) in [6.45, 7) is 3.97. The zero-order chi connectivity index (χ0) is 6.57. The molecule has 0 unspecified atom stereocenters. The molecule has 8 heavy (non-hydrogen) atoms. The predicted molar refractivity (Wildman–Crippen MR) is 45.4 cm³/mol. The van der Waals surface area contributed by atoms with Crippen molar-refractivity contribution in [3.8, 4) is 0 Å². The quantitative estimate of drug-likeness (QED) is 0.614. The van der Waals surface area contributed by atoms with Crippen LogP contribution in [0.5, 0.6) is 0 Å². The third-order valence-corrected chi connectivity index (χ3v) is 2.46. The van der Waals surface area contributed by atoms with E-state index in [9.17, 15) is 0 Å². The summed E-state index contributed by atoms with van der Waals surface area (Å²) in [6, 6.07) is 0. The number of allylic oxidation sites excluding steroid dienone is 4. The van der Waals surface area contributed by atoms with Crippen LogP contribution in [0.1, 0.15) is 13.8 Å². The van der Waals surface area contributed by atoms with Gasteiger partial charge in [-0.05, 0) is 29.8 Å². The summed E-state index contributed by atoms with van der Waals surface area (Å²) in [5, 5.41) is 0. The molecule has 0 bridgehead atoms. The van der Waals surface area contributed by atoms with Crippen LogP contribution in [0.2, 0.25) is 0 Å². The van der Waals surface area contributed by atoms with Crippen LogP contribution in [-0.4, -0.2) is 0 Å². The van der Waals surface area contributed by atoms with Crippen LogP contribution in [0.3, 0.4) is 0 Å². The Bertz CT molecular complexity index is 118. The van der Waals surface area contributed by atoms with E-state index in [-0.39, 0.29) is 0 Å². The molecule has 46 valence electrons. The lowest BCUT2D eigenvalue weighted by Gasteiger charge is -1.87. The number of hydrogen-bond donors (Lipinski definition) is 0. The molecule has 0 aromatic heterocycles. The van der Waals surface area contributed by atoms with Gasteiger partial charge in [-0.3, -0.25) is 0 Å². The molecule has 0 saturated heterocycles. The van der Waals surface area contributed by atoms with Crippen LogP contribution >= 0.6 is 31.9 Å². The van der Waals surface area contributed by atoms with E-state index in [2.05, 4.69) is 31.9 Å². The smallest absolute Gasteiger partial charge is 0.0270 e. The summed E-state index contributed by atoms with van der Waals surface area (Å²) in [7, 11) is 0. The summed E-state index contributed by atoms with van der Waals surface area (Å²) in [5.74, 6) is 0. The highest BCUT2D eigenvalue weighted by Crippen LogP contribution is 2.17. The lowest BCUT2D eigenvalue weighted by molar-refractivity contribution is 1.64. The topological polar surface area (TPSA) is 0 Å². The fourth-order valence-electron chi connectivity index (χ4n) is 0.261. The molecule has 2 heteroatoms. The number of hydrogen-bond acceptors (Lipinski definition) is 0. The molecule has 0 amide bonds.